The second-order valence-electron chi connectivity index (χ2n) is 7.10. The molecule has 0 aliphatic carbocycles. The Balaban J connectivity index is 2.36. The Hall–Kier alpha value is -2.18. The van der Waals surface area contributed by atoms with Crippen molar-refractivity contribution in [3.8, 4) is 0 Å². The summed E-state index contributed by atoms with van der Waals surface area (Å²) in [6, 6.07) is 12.0. The number of rotatable bonds is 4. The lowest BCUT2D eigenvalue weighted by atomic mass is 10.1. The molecule has 25 heavy (non-hydrogen) atoms. The molecular formula is C19H24N2O3S. The van der Waals surface area contributed by atoms with E-state index < -0.39 is 15.6 Å². The highest BCUT2D eigenvalue weighted by atomic mass is 32.2. The molecule has 0 aromatic heterocycles. The topological polar surface area (TPSA) is 75.3 Å². The average Bonchev–Trinajstić information content (AvgIpc) is 2.47. The minimum absolute atomic E-state index is 0.0722. The molecule has 0 unspecified atom stereocenters. The van der Waals surface area contributed by atoms with E-state index in [-0.39, 0.29) is 10.8 Å². The van der Waals surface area contributed by atoms with Gasteiger partial charge in [-0.2, -0.15) is 0 Å². The first-order chi connectivity index (χ1) is 11.5. The number of hydrogen-bond acceptors (Lipinski definition) is 3. The molecule has 0 aliphatic heterocycles. The SMILES string of the molecule is Cc1ccccc1NC(=O)c1cc(S(=O)(=O)NC(C)(C)C)ccc1C. The van der Waals surface area contributed by atoms with Gasteiger partial charge in [0.15, 0.2) is 0 Å². The van der Waals surface area contributed by atoms with Crippen LogP contribution in [0.15, 0.2) is 47.4 Å². The van der Waals surface area contributed by atoms with Gasteiger partial charge in [0.25, 0.3) is 5.91 Å². The molecular weight excluding hydrogens is 336 g/mol. The number of nitrogens with one attached hydrogen (secondary N) is 2. The van der Waals surface area contributed by atoms with Crippen LogP contribution in [0.1, 0.15) is 42.3 Å². The predicted octanol–water partition coefficient (Wildman–Crippen LogP) is 3.63. The average molecular weight is 360 g/mol. The third kappa shape index (κ3) is 4.90. The van der Waals surface area contributed by atoms with Crippen molar-refractivity contribution in [1.82, 2.24) is 4.72 Å². The molecule has 0 spiro atoms. The molecule has 0 atom stereocenters. The van der Waals surface area contributed by atoms with Gasteiger partial charge in [-0.25, -0.2) is 13.1 Å². The van der Waals surface area contributed by atoms with E-state index in [0.717, 1.165) is 5.56 Å². The lowest BCUT2D eigenvalue weighted by Crippen LogP contribution is -2.40. The first kappa shape index (κ1) is 19.1. The fraction of sp³-hybridized carbons (Fsp3) is 0.316. The summed E-state index contributed by atoms with van der Waals surface area (Å²) in [4.78, 5) is 12.7. The number of sulfonamides is 1. The van der Waals surface area contributed by atoms with Crippen LogP contribution < -0.4 is 10.0 Å². The smallest absolute Gasteiger partial charge is 0.255 e. The number of carbonyl (C=O) groups excluding carboxylic acids is 1. The summed E-state index contributed by atoms with van der Waals surface area (Å²) in [7, 11) is -3.70. The van der Waals surface area contributed by atoms with E-state index in [9.17, 15) is 13.2 Å². The summed E-state index contributed by atoms with van der Waals surface area (Å²) in [5.74, 6) is -0.334. The van der Waals surface area contributed by atoms with Gasteiger partial charge >= 0.3 is 0 Å². The van der Waals surface area contributed by atoms with Crippen LogP contribution in [0.25, 0.3) is 0 Å². The monoisotopic (exact) mass is 360 g/mol. The van der Waals surface area contributed by atoms with E-state index >= 15 is 0 Å². The van der Waals surface area contributed by atoms with Gasteiger partial charge in [-0.3, -0.25) is 4.79 Å². The quantitative estimate of drug-likeness (QED) is 0.874. The normalized spacial score (nSPS) is 12.0. The van der Waals surface area contributed by atoms with Crippen molar-refractivity contribution in [3.63, 3.8) is 0 Å². The molecule has 0 fully saturated rings. The van der Waals surface area contributed by atoms with Gasteiger partial charge in [0.2, 0.25) is 10.0 Å². The van der Waals surface area contributed by atoms with Crippen LogP contribution in [-0.4, -0.2) is 19.9 Å². The molecule has 2 rings (SSSR count). The van der Waals surface area contributed by atoms with Crippen molar-refractivity contribution in [1.29, 1.82) is 0 Å². The van der Waals surface area contributed by atoms with E-state index in [2.05, 4.69) is 10.0 Å². The molecule has 0 saturated carbocycles. The van der Waals surface area contributed by atoms with E-state index in [4.69, 9.17) is 0 Å². The molecule has 0 radical (unpaired) electrons. The second-order valence-corrected chi connectivity index (χ2v) is 8.78. The lowest BCUT2D eigenvalue weighted by Gasteiger charge is -2.20. The lowest BCUT2D eigenvalue weighted by molar-refractivity contribution is 0.102. The van der Waals surface area contributed by atoms with E-state index in [1.165, 1.54) is 12.1 Å². The van der Waals surface area contributed by atoms with Gasteiger partial charge < -0.3 is 5.32 Å². The third-order valence-electron chi connectivity index (χ3n) is 3.60. The highest BCUT2D eigenvalue weighted by Crippen LogP contribution is 2.20. The molecule has 0 heterocycles. The summed E-state index contributed by atoms with van der Waals surface area (Å²) < 4.78 is 27.6. The second kappa shape index (κ2) is 6.98. The third-order valence-corrected chi connectivity index (χ3v) is 5.35. The zero-order valence-corrected chi connectivity index (χ0v) is 16.0. The van der Waals surface area contributed by atoms with E-state index in [1.807, 2.05) is 31.2 Å². The van der Waals surface area contributed by atoms with Crippen LogP contribution in [-0.2, 0) is 10.0 Å². The molecule has 2 aromatic carbocycles. The zero-order chi connectivity index (χ0) is 18.8. The standard InChI is InChI=1S/C19H24N2O3S/c1-13-10-11-15(25(23,24)21-19(3,4)5)12-16(13)18(22)20-17-9-7-6-8-14(17)2/h6-12,21H,1-5H3,(H,20,22). The Morgan fingerprint density at radius 2 is 1.60 bits per heavy atom. The molecule has 6 heteroatoms. The number of aryl methyl sites for hydroxylation is 2. The zero-order valence-electron chi connectivity index (χ0n) is 15.2. The van der Waals surface area contributed by atoms with E-state index in [1.54, 1.807) is 33.8 Å². The Labute approximate surface area is 149 Å². The molecule has 2 N–H and O–H groups in total. The minimum Gasteiger partial charge on any atom is -0.322 e. The van der Waals surface area contributed by atoms with Crippen LogP contribution in [0.2, 0.25) is 0 Å². The number of hydrogen-bond donors (Lipinski definition) is 2. The van der Waals surface area contributed by atoms with Crippen molar-refractivity contribution in [2.24, 2.45) is 0 Å². The Morgan fingerprint density at radius 3 is 2.20 bits per heavy atom. The van der Waals surface area contributed by atoms with Crippen molar-refractivity contribution >= 4 is 21.6 Å². The van der Waals surface area contributed by atoms with Crippen LogP contribution in [0, 0.1) is 13.8 Å². The van der Waals surface area contributed by atoms with Crippen molar-refractivity contribution in [3.05, 3.63) is 59.2 Å². The Bertz CT molecular complexity index is 897. The molecule has 2 aromatic rings. The molecule has 1 amide bonds. The predicted molar refractivity (Wildman–Crippen MR) is 100 cm³/mol. The minimum atomic E-state index is -3.70. The van der Waals surface area contributed by atoms with Crippen LogP contribution >= 0.6 is 0 Å². The van der Waals surface area contributed by atoms with Gasteiger partial charge in [-0.15, -0.1) is 0 Å². The van der Waals surface area contributed by atoms with Gasteiger partial charge in [0, 0.05) is 16.8 Å². The molecule has 134 valence electrons. The maximum atomic E-state index is 12.6. The fourth-order valence-electron chi connectivity index (χ4n) is 2.38. The van der Waals surface area contributed by atoms with Crippen LogP contribution in [0.3, 0.4) is 0 Å². The number of carbonyl (C=O) groups is 1. The van der Waals surface area contributed by atoms with Crippen molar-refractivity contribution in [2.45, 2.75) is 45.1 Å². The highest BCUT2D eigenvalue weighted by molar-refractivity contribution is 7.89. The summed E-state index contributed by atoms with van der Waals surface area (Å²) in [5.41, 5.74) is 2.08. The first-order valence-electron chi connectivity index (χ1n) is 8.01. The number of para-hydroxylation sites is 1. The Morgan fingerprint density at radius 1 is 0.960 bits per heavy atom. The summed E-state index contributed by atoms with van der Waals surface area (Å²) in [6.07, 6.45) is 0. The number of amides is 1. The Kier molecular flexibility index (Phi) is 5.34. The van der Waals surface area contributed by atoms with Crippen LogP contribution in [0.4, 0.5) is 5.69 Å². The summed E-state index contributed by atoms with van der Waals surface area (Å²) >= 11 is 0. The fourth-order valence-corrected chi connectivity index (χ4v) is 3.82. The largest absolute Gasteiger partial charge is 0.322 e. The van der Waals surface area contributed by atoms with Crippen molar-refractivity contribution in [2.75, 3.05) is 5.32 Å². The summed E-state index contributed by atoms with van der Waals surface area (Å²) in [5, 5.41) is 2.84. The van der Waals surface area contributed by atoms with Gasteiger partial charge in [-0.1, -0.05) is 24.3 Å². The first-order valence-corrected chi connectivity index (χ1v) is 9.49. The molecule has 0 bridgehead atoms. The number of anilines is 1. The molecule has 5 nitrogen and oxygen atoms in total. The maximum absolute atomic E-state index is 12.6. The van der Waals surface area contributed by atoms with E-state index in [0.29, 0.717) is 16.8 Å². The molecule has 0 saturated heterocycles. The maximum Gasteiger partial charge on any atom is 0.255 e. The summed E-state index contributed by atoms with van der Waals surface area (Å²) in [6.45, 7) is 8.98. The molecule has 0 aliphatic rings. The number of benzene rings is 2. The van der Waals surface area contributed by atoms with Gasteiger partial charge in [-0.05, 0) is 63.9 Å². The highest BCUT2D eigenvalue weighted by Gasteiger charge is 2.23. The van der Waals surface area contributed by atoms with Gasteiger partial charge in [0.05, 0.1) is 4.90 Å². The van der Waals surface area contributed by atoms with Gasteiger partial charge in [0.1, 0.15) is 0 Å². The van der Waals surface area contributed by atoms with Crippen molar-refractivity contribution < 1.29 is 13.2 Å². The van der Waals surface area contributed by atoms with Crippen LogP contribution in [0.5, 0.6) is 0 Å².